The third-order valence-electron chi connectivity index (χ3n) is 2.19. The molecule has 0 fully saturated rings. The van der Waals surface area contributed by atoms with Gasteiger partial charge in [0.05, 0.1) is 10.0 Å². The van der Waals surface area contributed by atoms with E-state index in [0.29, 0.717) is 21.7 Å². The predicted molar refractivity (Wildman–Crippen MR) is 74.9 cm³/mol. The Balaban J connectivity index is 2.17. The van der Waals surface area contributed by atoms with Gasteiger partial charge in [-0.3, -0.25) is 0 Å². The maximum atomic E-state index is 5.92. The Bertz CT molecular complexity index is 546. The Kier molecular flexibility index (Phi) is 4.28. The van der Waals surface area contributed by atoms with Crippen molar-refractivity contribution < 1.29 is 4.74 Å². The van der Waals surface area contributed by atoms with Crippen LogP contribution in [0.15, 0.2) is 36.4 Å². The summed E-state index contributed by atoms with van der Waals surface area (Å²) in [5, 5.41) is 4.07. The van der Waals surface area contributed by atoms with Crippen LogP contribution in [-0.4, -0.2) is 11.5 Å². The lowest BCUT2D eigenvalue weighted by Gasteiger charge is -2.07. The van der Waals surface area contributed by atoms with Crippen molar-refractivity contribution >= 4 is 29.0 Å². The van der Waals surface area contributed by atoms with Gasteiger partial charge in [0.15, 0.2) is 0 Å². The number of benzene rings is 1. The van der Waals surface area contributed by atoms with Crippen molar-refractivity contribution in [1.29, 1.82) is 0 Å². The fraction of sp³-hybridized carbons (Fsp3) is 0.154. The second-order valence-corrected chi connectivity index (χ2v) is 4.38. The van der Waals surface area contributed by atoms with Crippen LogP contribution in [-0.2, 0) is 0 Å². The normalized spacial score (nSPS) is 10.2. The summed E-state index contributed by atoms with van der Waals surface area (Å²) in [7, 11) is 0. The van der Waals surface area contributed by atoms with Crippen LogP contribution in [0.1, 0.15) is 6.92 Å². The number of ether oxygens (including phenoxy) is 1. The van der Waals surface area contributed by atoms with Gasteiger partial charge in [-0.2, -0.15) is 4.98 Å². The fourth-order valence-corrected chi connectivity index (χ4v) is 1.70. The monoisotopic (exact) mass is 282 g/mol. The number of hydrogen-bond donors (Lipinski definition) is 1. The zero-order valence-corrected chi connectivity index (χ0v) is 11.3. The molecule has 0 radical (unpaired) electrons. The summed E-state index contributed by atoms with van der Waals surface area (Å²) in [5.41, 5.74) is 0. The summed E-state index contributed by atoms with van der Waals surface area (Å²) in [4.78, 5) is 4.30. The second kappa shape index (κ2) is 5.94. The van der Waals surface area contributed by atoms with Gasteiger partial charge in [-0.25, -0.2) is 0 Å². The van der Waals surface area contributed by atoms with E-state index in [1.54, 1.807) is 24.3 Å². The van der Waals surface area contributed by atoms with E-state index in [0.717, 1.165) is 12.4 Å². The molecule has 5 heteroatoms. The van der Waals surface area contributed by atoms with Gasteiger partial charge >= 0.3 is 0 Å². The number of hydrogen-bond acceptors (Lipinski definition) is 3. The standard InChI is InChI=1S/C13H12Cl2N2O/c1-2-16-12-4-3-5-13(17-12)18-9-6-7-10(14)11(15)8-9/h3-8H,2H2,1H3,(H,16,17). The van der Waals surface area contributed by atoms with Crippen molar-refractivity contribution in [3.63, 3.8) is 0 Å². The number of rotatable bonds is 4. The van der Waals surface area contributed by atoms with Crippen LogP contribution in [0.3, 0.4) is 0 Å². The van der Waals surface area contributed by atoms with Gasteiger partial charge in [-0.1, -0.05) is 29.3 Å². The summed E-state index contributed by atoms with van der Waals surface area (Å²) >= 11 is 11.8. The van der Waals surface area contributed by atoms with Gasteiger partial charge in [-0.15, -0.1) is 0 Å². The largest absolute Gasteiger partial charge is 0.439 e. The number of nitrogens with one attached hydrogen (secondary N) is 1. The average molecular weight is 283 g/mol. The average Bonchev–Trinajstić information content (AvgIpc) is 2.35. The third-order valence-corrected chi connectivity index (χ3v) is 2.93. The summed E-state index contributed by atoms with van der Waals surface area (Å²) in [5.74, 6) is 1.88. The minimum Gasteiger partial charge on any atom is -0.439 e. The van der Waals surface area contributed by atoms with E-state index in [2.05, 4.69) is 10.3 Å². The molecule has 0 saturated carbocycles. The van der Waals surface area contributed by atoms with Gasteiger partial charge < -0.3 is 10.1 Å². The van der Waals surface area contributed by atoms with Crippen LogP contribution < -0.4 is 10.1 Å². The first-order valence-electron chi connectivity index (χ1n) is 5.53. The van der Waals surface area contributed by atoms with Gasteiger partial charge in [0, 0.05) is 18.7 Å². The van der Waals surface area contributed by atoms with E-state index < -0.39 is 0 Å². The summed E-state index contributed by atoms with van der Waals surface area (Å²) in [6.07, 6.45) is 0. The maximum absolute atomic E-state index is 5.92. The number of halogens is 2. The van der Waals surface area contributed by atoms with Gasteiger partial charge in [0.25, 0.3) is 0 Å². The lowest BCUT2D eigenvalue weighted by molar-refractivity contribution is 0.463. The summed E-state index contributed by atoms with van der Waals surface area (Å²) in [6.45, 7) is 2.82. The molecule has 2 rings (SSSR count). The van der Waals surface area contributed by atoms with Gasteiger partial charge in [0.1, 0.15) is 11.6 Å². The minimum atomic E-state index is 0.456. The molecule has 18 heavy (non-hydrogen) atoms. The van der Waals surface area contributed by atoms with Crippen molar-refractivity contribution in [2.45, 2.75) is 6.92 Å². The van der Waals surface area contributed by atoms with E-state index in [4.69, 9.17) is 27.9 Å². The molecular formula is C13H12Cl2N2O. The van der Waals surface area contributed by atoms with E-state index in [1.807, 2.05) is 19.1 Å². The SMILES string of the molecule is CCNc1cccc(Oc2ccc(Cl)c(Cl)c2)n1. The fourth-order valence-electron chi connectivity index (χ4n) is 1.41. The third kappa shape index (κ3) is 3.28. The van der Waals surface area contributed by atoms with Crippen molar-refractivity contribution in [2.75, 3.05) is 11.9 Å². The van der Waals surface area contributed by atoms with E-state index in [-0.39, 0.29) is 0 Å². The number of anilines is 1. The Morgan fingerprint density at radius 1 is 1.17 bits per heavy atom. The molecule has 1 N–H and O–H groups in total. The van der Waals surface area contributed by atoms with Crippen LogP contribution >= 0.6 is 23.2 Å². The molecule has 0 aliphatic heterocycles. The highest BCUT2D eigenvalue weighted by Gasteiger charge is 2.03. The molecule has 3 nitrogen and oxygen atoms in total. The molecule has 1 aromatic carbocycles. The maximum Gasteiger partial charge on any atom is 0.221 e. The molecule has 0 aliphatic rings. The molecule has 2 aromatic rings. The van der Waals surface area contributed by atoms with Crippen molar-refractivity contribution in [1.82, 2.24) is 4.98 Å². The zero-order valence-electron chi connectivity index (χ0n) is 9.78. The van der Waals surface area contributed by atoms with E-state index >= 15 is 0 Å². The lowest BCUT2D eigenvalue weighted by Crippen LogP contribution is -1.99. The second-order valence-electron chi connectivity index (χ2n) is 3.57. The summed E-state index contributed by atoms with van der Waals surface area (Å²) in [6, 6.07) is 10.6. The smallest absolute Gasteiger partial charge is 0.221 e. The lowest BCUT2D eigenvalue weighted by atomic mass is 10.3. The Hall–Kier alpha value is -1.45. The molecule has 0 bridgehead atoms. The molecule has 0 saturated heterocycles. The molecule has 94 valence electrons. The Labute approximate surface area is 116 Å². The van der Waals surface area contributed by atoms with Crippen molar-refractivity contribution in [3.8, 4) is 11.6 Å². The molecule has 0 atom stereocenters. The van der Waals surface area contributed by atoms with Crippen LogP contribution in [0.2, 0.25) is 10.0 Å². The van der Waals surface area contributed by atoms with E-state index in [9.17, 15) is 0 Å². The molecule has 0 aliphatic carbocycles. The Morgan fingerprint density at radius 2 is 2.00 bits per heavy atom. The molecule has 1 aromatic heterocycles. The highest BCUT2D eigenvalue weighted by atomic mass is 35.5. The molecule has 0 unspecified atom stereocenters. The Morgan fingerprint density at radius 3 is 2.72 bits per heavy atom. The first-order chi connectivity index (χ1) is 8.69. The summed E-state index contributed by atoms with van der Waals surface area (Å²) < 4.78 is 5.61. The molecule has 0 spiro atoms. The zero-order chi connectivity index (χ0) is 13.0. The highest BCUT2D eigenvalue weighted by Crippen LogP contribution is 2.29. The van der Waals surface area contributed by atoms with Gasteiger partial charge in [0.2, 0.25) is 5.88 Å². The molecule has 1 heterocycles. The van der Waals surface area contributed by atoms with Crippen molar-refractivity contribution in [2.24, 2.45) is 0 Å². The first kappa shape index (κ1) is 13.0. The first-order valence-corrected chi connectivity index (χ1v) is 6.28. The highest BCUT2D eigenvalue weighted by molar-refractivity contribution is 6.42. The van der Waals surface area contributed by atoms with Crippen molar-refractivity contribution in [3.05, 3.63) is 46.4 Å². The number of nitrogens with zero attached hydrogens (tertiary/aromatic N) is 1. The van der Waals surface area contributed by atoms with E-state index in [1.165, 1.54) is 0 Å². The molecular weight excluding hydrogens is 271 g/mol. The van der Waals surface area contributed by atoms with Crippen LogP contribution in [0, 0.1) is 0 Å². The van der Waals surface area contributed by atoms with Crippen LogP contribution in [0.25, 0.3) is 0 Å². The topological polar surface area (TPSA) is 34.1 Å². The number of aromatic nitrogens is 1. The van der Waals surface area contributed by atoms with Gasteiger partial charge in [-0.05, 0) is 25.1 Å². The van der Waals surface area contributed by atoms with Crippen LogP contribution in [0.4, 0.5) is 5.82 Å². The quantitative estimate of drug-likeness (QED) is 0.889. The van der Waals surface area contributed by atoms with Crippen LogP contribution in [0.5, 0.6) is 11.6 Å². The minimum absolute atomic E-state index is 0.456. The molecule has 0 amide bonds. The predicted octanol–water partition coefficient (Wildman–Crippen LogP) is 4.61. The number of pyridine rings is 1.